The zero-order valence-electron chi connectivity index (χ0n) is 26.1. The molecule has 5 aromatic rings. The van der Waals surface area contributed by atoms with E-state index >= 15 is 0 Å². The molecule has 0 radical (unpaired) electrons. The monoisotopic (exact) mass is 588 g/mol. The number of hydrogen-bond donors (Lipinski definition) is 0. The van der Waals surface area contributed by atoms with Crippen LogP contribution in [-0.4, -0.2) is 31.3 Å². The Hall–Kier alpha value is -3.68. The number of Topliss-reactive ketones (excluding diaryl/α,β-unsaturated/α-hetero) is 1. The van der Waals surface area contributed by atoms with Crippen molar-refractivity contribution in [3.8, 4) is 33.8 Å². The van der Waals surface area contributed by atoms with Gasteiger partial charge in [0, 0.05) is 24.0 Å². The highest BCUT2D eigenvalue weighted by Crippen LogP contribution is 2.60. The topological polar surface area (TPSA) is 35.5 Å². The Morgan fingerprint density at radius 3 is 1.47 bits per heavy atom. The maximum Gasteiger partial charge on any atom is 0.134 e. The summed E-state index contributed by atoms with van der Waals surface area (Å²) in [6.07, 6.45) is 1.28. The Kier molecular flexibility index (Phi) is 8.29. The third-order valence-corrected chi connectivity index (χ3v) is 13.2. The average Bonchev–Trinajstić information content (AvgIpc) is 3.02. The van der Waals surface area contributed by atoms with Crippen molar-refractivity contribution in [1.82, 2.24) is 0 Å². The molecular formula is C39H41O3P. The Bertz CT molecular complexity index is 1680. The van der Waals surface area contributed by atoms with Crippen LogP contribution in [0.5, 0.6) is 11.5 Å². The second-order valence-corrected chi connectivity index (χ2v) is 15.0. The van der Waals surface area contributed by atoms with Crippen molar-refractivity contribution in [2.75, 3.05) is 14.2 Å². The summed E-state index contributed by atoms with van der Waals surface area (Å²) in [5, 5.41) is 6.09. The van der Waals surface area contributed by atoms with Crippen LogP contribution in [-0.2, 0) is 4.79 Å². The van der Waals surface area contributed by atoms with Crippen LogP contribution >= 0.6 is 7.92 Å². The number of ketones is 1. The minimum absolute atomic E-state index is 0.283. The first kappa shape index (κ1) is 29.4. The maximum absolute atomic E-state index is 13.3. The standard InChI is InChI=1S/C39H41O3P/c1-24(2)35-22-28(40)23-36(25(3)4)43(35)39-31(37-29-14-9-7-12-26(29)18-20-33(37)41-5)16-11-17-32(39)38-30-15-10-8-13-27(30)19-21-34(38)42-6/h7-21,24-25,35-36H,22-23H2,1-6H3. The van der Waals surface area contributed by atoms with Gasteiger partial charge in [-0.05, 0) is 73.3 Å². The second-order valence-electron chi connectivity index (χ2n) is 12.4. The third kappa shape index (κ3) is 5.23. The summed E-state index contributed by atoms with van der Waals surface area (Å²) in [4.78, 5) is 13.3. The molecule has 6 rings (SSSR count). The van der Waals surface area contributed by atoms with Gasteiger partial charge in [0.15, 0.2) is 0 Å². The lowest BCUT2D eigenvalue weighted by Gasteiger charge is -2.44. The minimum Gasteiger partial charge on any atom is -0.496 e. The van der Waals surface area contributed by atoms with Crippen molar-refractivity contribution < 1.29 is 14.3 Å². The molecule has 43 heavy (non-hydrogen) atoms. The first-order valence-corrected chi connectivity index (χ1v) is 16.9. The lowest BCUT2D eigenvalue weighted by Crippen LogP contribution is -2.38. The smallest absolute Gasteiger partial charge is 0.134 e. The van der Waals surface area contributed by atoms with Crippen LogP contribution in [0.2, 0.25) is 0 Å². The summed E-state index contributed by atoms with van der Waals surface area (Å²) in [5.74, 6) is 2.89. The van der Waals surface area contributed by atoms with Crippen molar-refractivity contribution >= 4 is 40.6 Å². The van der Waals surface area contributed by atoms with Crippen LogP contribution in [0.1, 0.15) is 40.5 Å². The molecule has 0 saturated carbocycles. The van der Waals surface area contributed by atoms with Gasteiger partial charge in [-0.25, -0.2) is 0 Å². The van der Waals surface area contributed by atoms with E-state index in [2.05, 4.69) is 119 Å². The fraction of sp³-hybridized carbons (Fsp3) is 0.308. The van der Waals surface area contributed by atoms with Gasteiger partial charge in [-0.3, -0.25) is 4.79 Å². The van der Waals surface area contributed by atoms with E-state index in [0.717, 1.165) is 22.6 Å². The molecule has 1 aliphatic rings. The summed E-state index contributed by atoms with van der Waals surface area (Å²) in [7, 11) is 2.77. The van der Waals surface area contributed by atoms with E-state index in [4.69, 9.17) is 9.47 Å². The highest BCUT2D eigenvalue weighted by molar-refractivity contribution is 7.68. The Balaban J connectivity index is 1.79. The molecule has 0 aliphatic carbocycles. The van der Waals surface area contributed by atoms with Crippen LogP contribution in [0, 0.1) is 11.8 Å². The van der Waals surface area contributed by atoms with Gasteiger partial charge in [0.25, 0.3) is 0 Å². The normalized spacial score (nSPS) is 19.0. The average molecular weight is 589 g/mol. The van der Waals surface area contributed by atoms with Crippen LogP contribution in [0.15, 0.2) is 91.0 Å². The molecule has 0 amide bonds. The SMILES string of the molecule is COc1ccc2ccccc2c1-c1cccc(-c2c(OC)ccc3ccccc23)c1P1C(C(C)C)CC(=O)CC1C(C)C. The molecule has 1 fully saturated rings. The fourth-order valence-corrected chi connectivity index (χ4v) is 11.2. The highest BCUT2D eigenvalue weighted by Gasteiger charge is 2.43. The fourth-order valence-electron chi connectivity index (χ4n) is 7.06. The highest BCUT2D eigenvalue weighted by atomic mass is 31.1. The molecule has 0 spiro atoms. The number of carbonyl (C=O) groups is 1. The number of methoxy groups -OCH3 is 2. The summed E-state index contributed by atoms with van der Waals surface area (Å²) in [6.45, 7) is 9.20. The summed E-state index contributed by atoms with van der Waals surface area (Å²) < 4.78 is 12.2. The molecule has 220 valence electrons. The van der Waals surface area contributed by atoms with Crippen LogP contribution in [0.25, 0.3) is 43.8 Å². The predicted molar refractivity (Wildman–Crippen MR) is 183 cm³/mol. The van der Waals surface area contributed by atoms with E-state index in [-0.39, 0.29) is 11.3 Å². The van der Waals surface area contributed by atoms with Gasteiger partial charge in [-0.15, -0.1) is 0 Å². The largest absolute Gasteiger partial charge is 0.496 e. The number of rotatable bonds is 7. The van der Waals surface area contributed by atoms with Crippen molar-refractivity contribution in [2.45, 2.75) is 51.9 Å². The number of carbonyl (C=O) groups excluding carboxylic acids is 1. The number of benzene rings is 5. The van der Waals surface area contributed by atoms with Crippen molar-refractivity contribution in [3.05, 3.63) is 91.0 Å². The summed E-state index contributed by atoms with van der Waals surface area (Å²) in [6, 6.07) is 32.4. The molecular weight excluding hydrogens is 547 g/mol. The van der Waals surface area contributed by atoms with Crippen LogP contribution < -0.4 is 14.8 Å². The first-order valence-electron chi connectivity index (χ1n) is 15.4. The molecule has 0 N–H and O–H groups in total. The van der Waals surface area contributed by atoms with Crippen molar-refractivity contribution in [1.29, 1.82) is 0 Å². The van der Waals surface area contributed by atoms with E-state index < -0.39 is 7.92 Å². The van der Waals surface area contributed by atoms with Gasteiger partial charge >= 0.3 is 0 Å². The van der Waals surface area contributed by atoms with Gasteiger partial charge in [-0.2, -0.15) is 0 Å². The molecule has 3 nitrogen and oxygen atoms in total. The quantitative estimate of drug-likeness (QED) is 0.178. The molecule has 1 heterocycles. The van der Waals surface area contributed by atoms with E-state index in [9.17, 15) is 4.79 Å². The Labute approximate surface area is 257 Å². The van der Waals surface area contributed by atoms with Crippen molar-refractivity contribution in [3.63, 3.8) is 0 Å². The van der Waals surface area contributed by atoms with Crippen LogP contribution in [0.3, 0.4) is 0 Å². The minimum atomic E-state index is -0.766. The zero-order valence-corrected chi connectivity index (χ0v) is 27.0. The molecule has 2 unspecified atom stereocenters. The number of ether oxygens (including phenoxy) is 2. The zero-order chi connectivity index (χ0) is 30.2. The Morgan fingerprint density at radius 2 is 1.05 bits per heavy atom. The van der Waals surface area contributed by atoms with E-state index in [1.165, 1.54) is 38.0 Å². The maximum atomic E-state index is 13.3. The van der Waals surface area contributed by atoms with Crippen molar-refractivity contribution in [2.24, 2.45) is 11.8 Å². The molecule has 1 saturated heterocycles. The van der Waals surface area contributed by atoms with E-state index in [0.29, 0.717) is 30.5 Å². The molecule has 1 aliphatic heterocycles. The number of hydrogen-bond acceptors (Lipinski definition) is 3. The predicted octanol–water partition coefficient (Wildman–Crippen LogP) is 9.86. The molecule has 0 aromatic heterocycles. The van der Waals surface area contributed by atoms with E-state index in [1.807, 2.05) is 0 Å². The second kappa shape index (κ2) is 12.1. The van der Waals surface area contributed by atoms with Gasteiger partial charge < -0.3 is 9.47 Å². The lowest BCUT2D eigenvalue weighted by molar-refractivity contribution is -0.119. The first-order chi connectivity index (χ1) is 20.8. The van der Waals surface area contributed by atoms with Gasteiger partial charge in [-0.1, -0.05) is 114 Å². The van der Waals surface area contributed by atoms with Gasteiger partial charge in [0.05, 0.1) is 14.2 Å². The molecule has 0 bridgehead atoms. The van der Waals surface area contributed by atoms with Crippen LogP contribution in [0.4, 0.5) is 0 Å². The van der Waals surface area contributed by atoms with Gasteiger partial charge in [0.2, 0.25) is 0 Å². The number of fused-ring (bicyclic) bond motifs is 2. The molecule has 4 heteroatoms. The van der Waals surface area contributed by atoms with E-state index in [1.54, 1.807) is 14.2 Å². The Morgan fingerprint density at radius 1 is 0.605 bits per heavy atom. The summed E-state index contributed by atoms with van der Waals surface area (Å²) >= 11 is 0. The lowest BCUT2D eigenvalue weighted by atomic mass is 9.91. The van der Waals surface area contributed by atoms with Gasteiger partial charge in [0.1, 0.15) is 17.3 Å². The third-order valence-electron chi connectivity index (χ3n) is 9.18. The molecule has 5 aromatic carbocycles. The summed E-state index contributed by atoms with van der Waals surface area (Å²) in [5.41, 5.74) is 5.23. The molecule has 2 atom stereocenters.